The summed E-state index contributed by atoms with van der Waals surface area (Å²) in [5, 5.41) is 0. The van der Waals surface area contributed by atoms with E-state index >= 15 is 0 Å². The minimum Gasteiger partial charge on any atom is -0.393 e. The van der Waals surface area contributed by atoms with Crippen LogP contribution in [0.5, 0.6) is 0 Å². The molecule has 3 nitrogen and oxygen atoms in total. The minimum absolute atomic E-state index is 0.173. The molecule has 0 N–H and O–H groups in total. The third kappa shape index (κ3) is 5.55. The Labute approximate surface area is 92.2 Å². The average molecular weight is 214 g/mol. The first-order valence-electron chi connectivity index (χ1n) is 5.78. The fraction of sp³-hybridized carbons (Fsp3) is 0.833. The maximum absolute atomic E-state index is 11.4. The zero-order valence-electron chi connectivity index (χ0n) is 10.2. The van der Waals surface area contributed by atoms with E-state index in [0.717, 1.165) is 25.7 Å². The second-order valence-corrected chi connectivity index (χ2v) is 4.12. The van der Waals surface area contributed by atoms with Gasteiger partial charge in [-0.1, -0.05) is 40.5 Å². The molecule has 0 unspecified atom stereocenters. The lowest BCUT2D eigenvalue weighted by Gasteiger charge is -2.12. The van der Waals surface area contributed by atoms with Crippen LogP contribution < -0.4 is 0 Å². The second kappa shape index (κ2) is 7.43. The Kier molecular flexibility index (Phi) is 7.01. The molecular formula is C12H22O3. The summed E-state index contributed by atoms with van der Waals surface area (Å²) in [5.74, 6) is -1.12. The van der Waals surface area contributed by atoms with E-state index in [-0.39, 0.29) is 23.8 Å². The molecule has 0 bridgehead atoms. The summed E-state index contributed by atoms with van der Waals surface area (Å²) < 4.78 is 4.80. The van der Waals surface area contributed by atoms with Crippen LogP contribution in [0.3, 0.4) is 0 Å². The van der Waals surface area contributed by atoms with E-state index in [1.165, 1.54) is 0 Å². The average Bonchev–Trinajstić information content (AvgIpc) is 2.18. The van der Waals surface area contributed by atoms with Crippen LogP contribution in [0.25, 0.3) is 0 Å². The maximum atomic E-state index is 11.4. The smallest absolute Gasteiger partial charge is 0.316 e. The van der Waals surface area contributed by atoms with Crippen molar-refractivity contribution in [1.82, 2.24) is 0 Å². The van der Waals surface area contributed by atoms with Crippen molar-refractivity contribution in [2.75, 3.05) is 0 Å². The van der Waals surface area contributed by atoms with Crippen LogP contribution in [0, 0.1) is 11.8 Å². The van der Waals surface area contributed by atoms with Gasteiger partial charge in [-0.2, -0.15) is 0 Å². The van der Waals surface area contributed by atoms with Gasteiger partial charge in [0.15, 0.2) is 0 Å². The lowest BCUT2D eigenvalue weighted by atomic mass is 10.1. The molecule has 0 aromatic rings. The van der Waals surface area contributed by atoms with Crippen LogP contribution in [0.15, 0.2) is 0 Å². The van der Waals surface area contributed by atoms with Crippen LogP contribution in [0.4, 0.5) is 0 Å². The van der Waals surface area contributed by atoms with Crippen molar-refractivity contribution in [3.63, 3.8) is 0 Å². The fourth-order valence-electron chi connectivity index (χ4n) is 1.40. The second-order valence-electron chi connectivity index (χ2n) is 4.12. The zero-order chi connectivity index (χ0) is 11.8. The molecule has 0 aliphatic heterocycles. The predicted octanol–water partition coefficient (Wildman–Crippen LogP) is 2.93. The summed E-state index contributed by atoms with van der Waals surface area (Å²) in [6.45, 7) is 7.60. The van der Waals surface area contributed by atoms with Gasteiger partial charge in [-0.3, -0.25) is 9.59 Å². The molecule has 0 amide bonds. The highest BCUT2D eigenvalue weighted by Gasteiger charge is 2.21. The van der Waals surface area contributed by atoms with Gasteiger partial charge in [0, 0.05) is 0 Å². The molecular weight excluding hydrogens is 192 g/mol. The van der Waals surface area contributed by atoms with Crippen LogP contribution in [0.2, 0.25) is 0 Å². The molecule has 0 radical (unpaired) electrons. The summed E-state index contributed by atoms with van der Waals surface area (Å²) in [7, 11) is 0. The fourth-order valence-corrected chi connectivity index (χ4v) is 1.40. The van der Waals surface area contributed by atoms with Gasteiger partial charge < -0.3 is 4.74 Å². The molecule has 2 atom stereocenters. The molecule has 0 rings (SSSR count). The molecule has 0 saturated carbocycles. The number of ether oxygens (including phenoxy) is 1. The lowest BCUT2D eigenvalue weighted by Crippen LogP contribution is -2.23. The van der Waals surface area contributed by atoms with Gasteiger partial charge in [0.25, 0.3) is 0 Å². The van der Waals surface area contributed by atoms with Crippen molar-refractivity contribution in [2.24, 2.45) is 11.8 Å². The molecule has 15 heavy (non-hydrogen) atoms. The number of carbonyl (C=O) groups excluding carboxylic acids is 2. The van der Waals surface area contributed by atoms with E-state index in [0.29, 0.717) is 0 Å². The van der Waals surface area contributed by atoms with Crippen molar-refractivity contribution >= 4 is 11.9 Å². The van der Waals surface area contributed by atoms with Gasteiger partial charge in [-0.15, -0.1) is 0 Å². The Hall–Kier alpha value is -0.860. The molecule has 0 spiro atoms. The summed E-state index contributed by atoms with van der Waals surface area (Å²) >= 11 is 0. The van der Waals surface area contributed by atoms with Crippen molar-refractivity contribution < 1.29 is 14.3 Å². The first-order chi connectivity index (χ1) is 7.02. The van der Waals surface area contributed by atoms with Crippen molar-refractivity contribution in [1.29, 1.82) is 0 Å². The van der Waals surface area contributed by atoms with Crippen molar-refractivity contribution in [3.8, 4) is 0 Å². The monoisotopic (exact) mass is 214 g/mol. The standard InChI is InChI=1S/C12H22O3/c1-5-7-9(3)11(13)15-12(14)10(4)8-6-2/h9-10H,5-8H2,1-4H3/t9-,10-/m1/s1. The molecule has 88 valence electrons. The molecule has 0 aromatic carbocycles. The van der Waals surface area contributed by atoms with Gasteiger partial charge in [0.2, 0.25) is 0 Å². The Morgan fingerprint density at radius 2 is 1.27 bits per heavy atom. The van der Waals surface area contributed by atoms with E-state index in [2.05, 4.69) is 0 Å². The normalized spacial score (nSPS) is 14.4. The molecule has 0 saturated heterocycles. The number of carbonyl (C=O) groups is 2. The molecule has 0 fully saturated rings. The molecule has 0 aromatic heterocycles. The highest BCUT2D eigenvalue weighted by molar-refractivity contribution is 5.87. The van der Waals surface area contributed by atoms with Crippen LogP contribution in [0.1, 0.15) is 53.4 Å². The maximum Gasteiger partial charge on any atom is 0.316 e. The largest absolute Gasteiger partial charge is 0.393 e. The Bertz CT molecular complexity index is 189. The SMILES string of the molecule is CCC[C@@H](C)C(=O)OC(=O)[C@H](C)CCC. The molecule has 0 heterocycles. The summed E-state index contributed by atoms with van der Waals surface area (Å²) in [6.07, 6.45) is 3.40. The number of esters is 2. The first kappa shape index (κ1) is 14.1. The van der Waals surface area contributed by atoms with E-state index in [4.69, 9.17) is 4.74 Å². The van der Waals surface area contributed by atoms with E-state index in [1.807, 2.05) is 13.8 Å². The van der Waals surface area contributed by atoms with Crippen molar-refractivity contribution in [3.05, 3.63) is 0 Å². The summed E-state index contributed by atoms with van der Waals surface area (Å²) in [5.41, 5.74) is 0. The van der Waals surface area contributed by atoms with Gasteiger partial charge in [-0.25, -0.2) is 0 Å². The van der Waals surface area contributed by atoms with Gasteiger partial charge in [-0.05, 0) is 12.8 Å². The van der Waals surface area contributed by atoms with Crippen LogP contribution in [-0.2, 0) is 14.3 Å². The number of hydrogen-bond donors (Lipinski definition) is 0. The topological polar surface area (TPSA) is 43.4 Å². The summed E-state index contributed by atoms with van der Waals surface area (Å²) in [6, 6.07) is 0. The Morgan fingerprint density at radius 3 is 1.53 bits per heavy atom. The number of rotatable bonds is 6. The first-order valence-corrected chi connectivity index (χ1v) is 5.78. The zero-order valence-corrected chi connectivity index (χ0v) is 10.2. The molecule has 0 aliphatic carbocycles. The van der Waals surface area contributed by atoms with Crippen molar-refractivity contribution in [2.45, 2.75) is 53.4 Å². The summed E-state index contributed by atoms with van der Waals surface area (Å²) in [4.78, 5) is 22.8. The minimum atomic E-state index is -0.384. The van der Waals surface area contributed by atoms with E-state index in [9.17, 15) is 9.59 Å². The molecule has 3 heteroatoms. The molecule has 0 aliphatic rings. The van der Waals surface area contributed by atoms with Crippen LogP contribution >= 0.6 is 0 Å². The highest BCUT2D eigenvalue weighted by atomic mass is 16.6. The third-order valence-electron chi connectivity index (χ3n) is 2.45. The third-order valence-corrected chi connectivity index (χ3v) is 2.45. The number of hydrogen-bond acceptors (Lipinski definition) is 3. The lowest BCUT2D eigenvalue weighted by molar-refractivity contribution is -0.165. The van der Waals surface area contributed by atoms with E-state index in [1.54, 1.807) is 13.8 Å². The highest BCUT2D eigenvalue weighted by Crippen LogP contribution is 2.11. The van der Waals surface area contributed by atoms with Gasteiger partial charge in [0.1, 0.15) is 0 Å². The predicted molar refractivity (Wildman–Crippen MR) is 59.2 cm³/mol. The van der Waals surface area contributed by atoms with Gasteiger partial charge >= 0.3 is 11.9 Å². The quantitative estimate of drug-likeness (QED) is 0.504. The Morgan fingerprint density at radius 1 is 0.933 bits per heavy atom. The van der Waals surface area contributed by atoms with Gasteiger partial charge in [0.05, 0.1) is 11.8 Å². The van der Waals surface area contributed by atoms with Crippen LogP contribution in [-0.4, -0.2) is 11.9 Å². The van der Waals surface area contributed by atoms with E-state index < -0.39 is 0 Å². The Balaban J connectivity index is 4.00.